The fourth-order valence-electron chi connectivity index (χ4n) is 1.64. The molecule has 1 aliphatic rings. The minimum atomic E-state index is 0.147. The average Bonchev–Trinajstić information content (AvgIpc) is 3.00. The van der Waals surface area contributed by atoms with Gasteiger partial charge in [-0.25, -0.2) is 4.79 Å². The minimum absolute atomic E-state index is 0.147. The van der Waals surface area contributed by atoms with Crippen molar-refractivity contribution in [1.82, 2.24) is 10.2 Å². The van der Waals surface area contributed by atoms with E-state index in [1.165, 1.54) is 0 Å². The fraction of sp³-hybridized carbons (Fsp3) is 0.929. The van der Waals surface area contributed by atoms with Crippen molar-refractivity contribution in [3.8, 4) is 0 Å². The predicted octanol–water partition coefficient (Wildman–Crippen LogP) is 3.25. The van der Waals surface area contributed by atoms with E-state index in [1.807, 2.05) is 4.90 Å². The second-order valence-electron chi connectivity index (χ2n) is 6.08. The van der Waals surface area contributed by atoms with Crippen molar-refractivity contribution in [3.63, 3.8) is 0 Å². The van der Waals surface area contributed by atoms with E-state index < -0.39 is 0 Å². The van der Waals surface area contributed by atoms with Crippen molar-refractivity contribution < 1.29 is 4.79 Å². The lowest BCUT2D eigenvalue weighted by Crippen LogP contribution is -2.42. The smallest absolute Gasteiger partial charge is 0.317 e. The Kier molecular flexibility index (Phi) is 5.79. The number of rotatable bonds is 7. The zero-order valence-electron chi connectivity index (χ0n) is 11.8. The van der Waals surface area contributed by atoms with E-state index >= 15 is 0 Å². The zero-order valence-corrected chi connectivity index (χ0v) is 11.8. The Balaban J connectivity index is 2.35. The summed E-state index contributed by atoms with van der Waals surface area (Å²) in [6, 6.07) is 0.608. The average molecular weight is 240 g/mol. The first-order valence-electron chi connectivity index (χ1n) is 7.04. The van der Waals surface area contributed by atoms with Gasteiger partial charge in [-0.1, -0.05) is 27.7 Å². The number of amides is 2. The highest BCUT2D eigenvalue weighted by molar-refractivity contribution is 5.74. The number of urea groups is 1. The van der Waals surface area contributed by atoms with Crippen LogP contribution in [0.4, 0.5) is 4.79 Å². The third-order valence-corrected chi connectivity index (χ3v) is 3.14. The second-order valence-corrected chi connectivity index (χ2v) is 6.08. The van der Waals surface area contributed by atoms with Crippen LogP contribution in [0.5, 0.6) is 0 Å². The van der Waals surface area contributed by atoms with Crippen molar-refractivity contribution in [1.29, 1.82) is 0 Å². The molecule has 1 saturated carbocycles. The van der Waals surface area contributed by atoms with Gasteiger partial charge in [0.15, 0.2) is 0 Å². The molecule has 17 heavy (non-hydrogen) atoms. The molecule has 3 heteroatoms. The van der Waals surface area contributed by atoms with Crippen LogP contribution in [0.25, 0.3) is 0 Å². The molecule has 0 spiro atoms. The number of carbonyl (C=O) groups excluding carboxylic acids is 1. The Bertz CT molecular complexity index is 222. The quantitative estimate of drug-likeness (QED) is 0.728. The van der Waals surface area contributed by atoms with Gasteiger partial charge < -0.3 is 10.2 Å². The number of hydrogen-bond donors (Lipinski definition) is 1. The van der Waals surface area contributed by atoms with Crippen LogP contribution < -0.4 is 5.32 Å². The van der Waals surface area contributed by atoms with Crippen LogP contribution in [0.15, 0.2) is 0 Å². The van der Waals surface area contributed by atoms with E-state index in [0.29, 0.717) is 17.9 Å². The van der Waals surface area contributed by atoms with E-state index in [2.05, 4.69) is 33.0 Å². The summed E-state index contributed by atoms with van der Waals surface area (Å²) in [5.41, 5.74) is 0. The Labute approximate surface area is 106 Å². The van der Waals surface area contributed by atoms with E-state index in [0.717, 1.165) is 38.8 Å². The van der Waals surface area contributed by atoms with Gasteiger partial charge in [0.25, 0.3) is 0 Å². The van der Waals surface area contributed by atoms with Gasteiger partial charge in [0.2, 0.25) is 0 Å². The molecule has 0 heterocycles. The standard InChI is InChI=1S/C14H28N2O/c1-11(2)7-9-16(10-8-12(3)4)14(17)15-13-5-6-13/h11-13H,5-10H2,1-4H3,(H,15,17). The normalized spacial score (nSPS) is 15.4. The Hall–Kier alpha value is -0.730. The van der Waals surface area contributed by atoms with Crippen molar-refractivity contribution in [2.24, 2.45) is 11.8 Å². The lowest BCUT2D eigenvalue weighted by Gasteiger charge is -2.24. The molecule has 1 fully saturated rings. The molecular weight excluding hydrogens is 212 g/mol. The van der Waals surface area contributed by atoms with Crippen LogP contribution in [0.3, 0.4) is 0 Å². The molecule has 0 aromatic rings. The number of carbonyl (C=O) groups is 1. The van der Waals surface area contributed by atoms with Crippen molar-refractivity contribution in [2.75, 3.05) is 13.1 Å². The Morgan fingerprint density at radius 2 is 1.59 bits per heavy atom. The molecule has 0 saturated heterocycles. The summed E-state index contributed by atoms with van der Waals surface area (Å²) in [5.74, 6) is 1.32. The number of nitrogens with zero attached hydrogens (tertiary/aromatic N) is 1. The molecule has 0 radical (unpaired) electrons. The monoisotopic (exact) mass is 240 g/mol. The highest BCUT2D eigenvalue weighted by atomic mass is 16.2. The maximum atomic E-state index is 12.0. The molecule has 1 aliphatic carbocycles. The lowest BCUT2D eigenvalue weighted by molar-refractivity contribution is 0.191. The molecule has 0 atom stereocenters. The zero-order chi connectivity index (χ0) is 12.8. The second kappa shape index (κ2) is 6.87. The first kappa shape index (κ1) is 14.3. The number of hydrogen-bond acceptors (Lipinski definition) is 1. The fourth-order valence-corrected chi connectivity index (χ4v) is 1.64. The summed E-state index contributed by atoms with van der Waals surface area (Å²) < 4.78 is 0. The van der Waals surface area contributed by atoms with Gasteiger partial charge in [-0.2, -0.15) is 0 Å². The van der Waals surface area contributed by atoms with E-state index in [4.69, 9.17) is 0 Å². The minimum Gasteiger partial charge on any atom is -0.335 e. The maximum absolute atomic E-state index is 12.0. The SMILES string of the molecule is CC(C)CCN(CCC(C)C)C(=O)NC1CC1. The van der Waals surface area contributed by atoms with Crippen LogP contribution in [0.1, 0.15) is 53.4 Å². The van der Waals surface area contributed by atoms with E-state index in [1.54, 1.807) is 0 Å². The van der Waals surface area contributed by atoms with Gasteiger partial charge >= 0.3 is 6.03 Å². The van der Waals surface area contributed by atoms with Crippen LogP contribution in [-0.4, -0.2) is 30.1 Å². The third kappa shape index (κ3) is 6.54. The van der Waals surface area contributed by atoms with Crippen LogP contribution >= 0.6 is 0 Å². The third-order valence-electron chi connectivity index (χ3n) is 3.14. The first-order chi connectivity index (χ1) is 7.99. The Morgan fingerprint density at radius 3 is 1.94 bits per heavy atom. The van der Waals surface area contributed by atoms with Gasteiger partial charge in [-0.15, -0.1) is 0 Å². The molecule has 3 nitrogen and oxygen atoms in total. The van der Waals surface area contributed by atoms with Gasteiger partial charge in [-0.05, 0) is 37.5 Å². The van der Waals surface area contributed by atoms with Gasteiger partial charge in [0.1, 0.15) is 0 Å². The first-order valence-corrected chi connectivity index (χ1v) is 7.04. The molecule has 0 aromatic heterocycles. The van der Waals surface area contributed by atoms with Crippen molar-refractivity contribution >= 4 is 6.03 Å². The van der Waals surface area contributed by atoms with Gasteiger partial charge in [0.05, 0.1) is 0 Å². The molecule has 1 rings (SSSR count). The molecule has 0 bridgehead atoms. The van der Waals surface area contributed by atoms with Crippen LogP contribution in [-0.2, 0) is 0 Å². The largest absolute Gasteiger partial charge is 0.335 e. The molecule has 0 aromatic carbocycles. The molecule has 2 amide bonds. The summed E-state index contributed by atoms with van der Waals surface area (Å²) in [6.45, 7) is 10.6. The van der Waals surface area contributed by atoms with Crippen LogP contribution in [0.2, 0.25) is 0 Å². The topological polar surface area (TPSA) is 32.3 Å². The van der Waals surface area contributed by atoms with E-state index in [9.17, 15) is 4.79 Å². The van der Waals surface area contributed by atoms with Crippen molar-refractivity contribution in [2.45, 2.75) is 59.4 Å². The summed E-state index contributed by atoms with van der Waals surface area (Å²) >= 11 is 0. The highest BCUT2D eigenvalue weighted by Crippen LogP contribution is 2.19. The van der Waals surface area contributed by atoms with Gasteiger partial charge in [0, 0.05) is 19.1 Å². The predicted molar refractivity (Wildman–Crippen MR) is 72.0 cm³/mol. The molecule has 0 aliphatic heterocycles. The lowest BCUT2D eigenvalue weighted by atomic mass is 10.1. The summed E-state index contributed by atoms with van der Waals surface area (Å²) in [7, 11) is 0. The molecule has 100 valence electrons. The van der Waals surface area contributed by atoms with Crippen LogP contribution in [0, 0.1) is 11.8 Å². The summed E-state index contributed by atoms with van der Waals surface area (Å²) in [4.78, 5) is 14.0. The highest BCUT2D eigenvalue weighted by Gasteiger charge is 2.25. The van der Waals surface area contributed by atoms with E-state index in [-0.39, 0.29) is 6.03 Å². The molecule has 0 unspecified atom stereocenters. The molecular formula is C14H28N2O. The number of nitrogens with one attached hydrogen (secondary N) is 1. The molecule has 1 N–H and O–H groups in total. The van der Waals surface area contributed by atoms with Gasteiger partial charge in [-0.3, -0.25) is 0 Å². The maximum Gasteiger partial charge on any atom is 0.317 e. The van der Waals surface area contributed by atoms with Crippen molar-refractivity contribution in [3.05, 3.63) is 0 Å². The Morgan fingerprint density at radius 1 is 1.12 bits per heavy atom. The summed E-state index contributed by atoms with van der Waals surface area (Å²) in [5, 5.41) is 3.09. The summed E-state index contributed by atoms with van der Waals surface area (Å²) in [6.07, 6.45) is 4.51.